The van der Waals surface area contributed by atoms with Gasteiger partial charge in [0.15, 0.2) is 0 Å². The third-order valence-electron chi connectivity index (χ3n) is 4.11. The molecule has 0 fully saturated rings. The van der Waals surface area contributed by atoms with Crippen LogP contribution in [0, 0.1) is 6.92 Å². The summed E-state index contributed by atoms with van der Waals surface area (Å²) in [6.45, 7) is 3.44. The van der Waals surface area contributed by atoms with Crippen LogP contribution in [-0.4, -0.2) is 22.3 Å². The van der Waals surface area contributed by atoms with Gasteiger partial charge < -0.3 is 4.90 Å². The van der Waals surface area contributed by atoms with Crippen LogP contribution >= 0.6 is 22.7 Å². The van der Waals surface area contributed by atoms with E-state index in [0.29, 0.717) is 0 Å². The van der Waals surface area contributed by atoms with E-state index in [2.05, 4.69) is 16.4 Å². The zero-order chi connectivity index (χ0) is 15.8. The van der Waals surface area contributed by atoms with Crippen LogP contribution in [0.25, 0.3) is 10.6 Å². The van der Waals surface area contributed by atoms with E-state index in [-0.39, 0.29) is 5.91 Å². The summed E-state index contributed by atoms with van der Waals surface area (Å²) >= 11 is 3.29. The van der Waals surface area contributed by atoms with E-state index in [1.165, 1.54) is 21.8 Å². The second-order valence-electron chi connectivity index (χ2n) is 5.65. The maximum absolute atomic E-state index is 12.9. The Bertz CT molecular complexity index is 851. The summed E-state index contributed by atoms with van der Waals surface area (Å²) in [6, 6.07) is 12.2. The van der Waals surface area contributed by atoms with Crippen molar-refractivity contribution >= 4 is 28.6 Å². The molecule has 0 bridgehead atoms. The van der Waals surface area contributed by atoms with Gasteiger partial charge in [0.05, 0.1) is 5.69 Å². The van der Waals surface area contributed by atoms with Crippen molar-refractivity contribution in [3.8, 4) is 10.6 Å². The van der Waals surface area contributed by atoms with Crippen molar-refractivity contribution in [3.05, 3.63) is 62.8 Å². The summed E-state index contributed by atoms with van der Waals surface area (Å²) in [5.74, 6) is 0.110. The Morgan fingerprint density at radius 1 is 1.22 bits per heavy atom. The Morgan fingerprint density at radius 2 is 2.04 bits per heavy atom. The van der Waals surface area contributed by atoms with E-state index in [9.17, 15) is 4.79 Å². The molecule has 1 aliphatic rings. The smallest absolute Gasteiger partial charge is 0.266 e. The number of nitrogens with zero attached hydrogens (tertiary/aromatic N) is 2. The molecule has 3 heterocycles. The predicted molar refractivity (Wildman–Crippen MR) is 95.1 cm³/mol. The highest BCUT2D eigenvalue weighted by molar-refractivity contribution is 7.17. The molecule has 3 aromatic rings. The summed E-state index contributed by atoms with van der Waals surface area (Å²) in [5.41, 5.74) is 3.19. The quantitative estimate of drug-likeness (QED) is 0.694. The third kappa shape index (κ3) is 2.71. The standard InChI is InChI=1S/C18H16N2OS2/c1-12-16(23-17(19-12)13-5-3-2-4-6-13)18(21)20-9-7-15-14(11-20)8-10-22-15/h2-6,8,10H,7,9,11H2,1H3. The Morgan fingerprint density at radius 3 is 2.87 bits per heavy atom. The van der Waals surface area contributed by atoms with Gasteiger partial charge in [-0.3, -0.25) is 4.79 Å². The van der Waals surface area contributed by atoms with Gasteiger partial charge in [0.1, 0.15) is 9.88 Å². The van der Waals surface area contributed by atoms with Crippen molar-refractivity contribution in [2.75, 3.05) is 6.54 Å². The number of amides is 1. The molecule has 0 unspecified atom stereocenters. The molecule has 0 N–H and O–H groups in total. The Balaban J connectivity index is 1.61. The first-order valence-electron chi connectivity index (χ1n) is 7.60. The minimum Gasteiger partial charge on any atom is -0.333 e. The molecule has 1 aromatic carbocycles. The Labute approximate surface area is 143 Å². The van der Waals surface area contributed by atoms with Crippen LogP contribution in [0.4, 0.5) is 0 Å². The van der Waals surface area contributed by atoms with Crippen LogP contribution in [0.3, 0.4) is 0 Å². The first-order valence-corrected chi connectivity index (χ1v) is 9.29. The average molecular weight is 340 g/mol. The van der Waals surface area contributed by atoms with Crippen molar-refractivity contribution in [3.63, 3.8) is 0 Å². The van der Waals surface area contributed by atoms with E-state index in [1.807, 2.05) is 42.2 Å². The molecule has 0 saturated carbocycles. The minimum atomic E-state index is 0.110. The van der Waals surface area contributed by atoms with Gasteiger partial charge in [-0.15, -0.1) is 22.7 Å². The van der Waals surface area contributed by atoms with Crippen molar-refractivity contribution in [2.45, 2.75) is 19.9 Å². The van der Waals surface area contributed by atoms with E-state index in [4.69, 9.17) is 0 Å². The lowest BCUT2D eigenvalue weighted by Gasteiger charge is -2.26. The fourth-order valence-electron chi connectivity index (χ4n) is 2.86. The maximum atomic E-state index is 12.9. The normalized spacial score (nSPS) is 13.9. The topological polar surface area (TPSA) is 33.2 Å². The molecule has 5 heteroatoms. The lowest BCUT2D eigenvalue weighted by atomic mass is 10.1. The number of benzene rings is 1. The predicted octanol–water partition coefficient (Wildman–Crippen LogP) is 4.38. The number of hydrogen-bond acceptors (Lipinski definition) is 4. The first-order chi connectivity index (χ1) is 11.2. The van der Waals surface area contributed by atoms with Gasteiger partial charge in [0, 0.05) is 23.5 Å². The maximum Gasteiger partial charge on any atom is 0.266 e. The van der Waals surface area contributed by atoms with Crippen LogP contribution in [0.15, 0.2) is 41.8 Å². The Kier molecular flexibility index (Phi) is 3.75. The van der Waals surface area contributed by atoms with Gasteiger partial charge in [-0.25, -0.2) is 4.98 Å². The molecule has 1 amide bonds. The number of carbonyl (C=O) groups excluding carboxylic acids is 1. The van der Waals surface area contributed by atoms with Crippen molar-refractivity contribution < 1.29 is 4.79 Å². The average Bonchev–Trinajstić information content (AvgIpc) is 3.20. The monoisotopic (exact) mass is 340 g/mol. The number of rotatable bonds is 2. The largest absolute Gasteiger partial charge is 0.333 e. The van der Waals surface area contributed by atoms with Gasteiger partial charge in [0.25, 0.3) is 5.91 Å². The van der Waals surface area contributed by atoms with Crippen LogP contribution < -0.4 is 0 Å². The summed E-state index contributed by atoms with van der Waals surface area (Å²) < 4.78 is 0. The lowest BCUT2D eigenvalue weighted by molar-refractivity contribution is 0.0740. The SMILES string of the molecule is Cc1nc(-c2ccccc2)sc1C(=O)N1CCc2sccc2C1. The van der Waals surface area contributed by atoms with Crippen LogP contribution in [0.1, 0.15) is 25.8 Å². The van der Waals surface area contributed by atoms with Gasteiger partial charge in [-0.2, -0.15) is 0 Å². The van der Waals surface area contributed by atoms with Crippen LogP contribution in [-0.2, 0) is 13.0 Å². The first kappa shape index (κ1) is 14.6. The van der Waals surface area contributed by atoms with Crippen LogP contribution in [0.2, 0.25) is 0 Å². The Hall–Kier alpha value is -1.98. The molecule has 1 aliphatic heterocycles. The molecule has 23 heavy (non-hydrogen) atoms. The van der Waals surface area contributed by atoms with E-state index in [1.54, 1.807) is 11.3 Å². The van der Waals surface area contributed by atoms with Crippen molar-refractivity contribution in [2.24, 2.45) is 0 Å². The summed E-state index contributed by atoms with van der Waals surface area (Å²) in [6.07, 6.45) is 0.960. The highest BCUT2D eigenvalue weighted by atomic mass is 32.1. The van der Waals surface area contributed by atoms with Gasteiger partial charge in [-0.1, -0.05) is 30.3 Å². The third-order valence-corrected chi connectivity index (χ3v) is 6.32. The molecule has 0 aliphatic carbocycles. The summed E-state index contributed by atoms with van der Waals surface area (Å²) in [5, 5.41) is 3.03. The van der Waals surface area contributed by atoms with Crippen molar-refractivity contribution in [1.82, 2.24) is 9.88 Å². The molecule has 0 spiro atoms. The number of aryl methyl sites for hydroxylation is 1. The van der Waals surface area contributed by atoms with Crippen LogP contribution in [0.5, 0.6) is 0 Å². The number of thiazole rings is 1. The second-order valence-corrected chi connectivity index (χ2v) is 7.65. The number of thiophene rings is 1. The zero-order valence-corrected chi connectivity index (χ0v) is 14.4. The molecule has 2 aromatic heterocycles. The van der Waals surface area contributed by atoms with Gasteiger partial charge >= 0.3 is 0 Å². The minimum absolute atomic E-state index is 0.110. The number of fused-ring (bicyclic) bond motifs is 1. The van der Waals surface area contributed by atoms with Gasteiger partial charge in [-0.05, 0) is 30.4 Å². The molecule has 4 rings (SSSR count). The van der Waals surface area contributed by atoms with Gasteiger partial charge in [0.2, 0.25) is 0 Å². The molecule has 116 valence electrons. The van der Waals surface area contributed by atoms with E-state index < -0.39 is 0 Å². The van der Waals surface area contributed by atoms with Crippen molar-refractivity contribution in [1.29, 1.82) is 0 Å². The molecular formula is C18H16N2OS2. The van der Waals surface area contributed by atoms with E-state index in [0.717, 1.165) is 40.7 Å². The molecule has 0 radical (unpaired) electrons. The molecule has 0 saturated heterocycles. The zero-order valence-electron chi connectivity index (χ0n) is 12.8. The molecular weight excluding hydrogens is 324 g/mol. The fourth-order valence-corrected chi connectivity index (χ4v) is 4.79. The number of aromatic nitrogens is 1. The molecule has 0 atom stereocenters. The van der Waals surface area contributed by atoms with E-state index >= 15 is 0 Å². The second kappa shape index (κ2) is 5.91. The summed E-state index contributed by atoms with van der Waals surface area (Å²) in [7, 11) is 0. The number of hydrogen-bond donors (Lipinski definition) is 0. The summed E-state index contributed by atoms with van der Waals surface area (Å²) in [4.78, 5) is 21.6. The number of carbonyl (C=O) groups is 1. The molecule has 3 nitrogen and oxygen atoms in total. The fraction of sp³-hybridized carbons (Fsp3) is 0.222. The highest BCUT2D eigenvalue weighted by Gasteiger charge is 2.25. The lowest BCUT2D eigenvalue weighted by Crippen LogP contribution is -2.35. The highest BCUT2D eigenvalue weighted by Crippen LogP contribution is 2.31.